The number of ether oxygens (including phenoxy) is 1. The van der Waals surface area contributed by atoms with Crippen LogP contribution < -0.4 is 10.5 Å². The Morgan fingerprint density at radius 1 is 1.41 bits per heavy atom. The minimum atomic E-state index is -0.0796. The molecule has 0 aliphatic carbocycles. The standard InChI is InChI=1S/C12H13BrN2OS/c1-16-9-4-2-8(3-5-9)6-10(14)11-12(13)17-7-15-11/h2-5,7,10H,6,14H2,1H3. The molecule has 0 spiro atoms. The van der Waals surface area contributed by atoms with Crippen LogP contribution in [0.3, 0.4) is 0 Å². The number of rotatable bonds is 4. The van der Waals surface area contributed by atoms with Crippen LogP contribution in [-0.2, 0) is 6.42 Å². The second-order valence-corrected chi connectivity index (χ2v) is 5.84. The van der Waals surface area contributed by atoms with E-state index in [1.807, 2.05) is 24.3 Å². The Balaban J connectivity index is 2.07. The van der Waals surface area contributed by atoms with Gasteiger partial charge in [0, 0.05) is 0 Å². The molecule has 1 unspecified atom stereocenters. The van der Waals surface area contributed by atoms with Gasteiger partial charge in [-0.15, -0.1) is 11.3 Å². The molecule has 90 valence electrons. The summed E-state index contributed by atoms with van der Waals surface area (Å²) in [5.41, 5.74) is 10.0. The van der Waals surface area contributed by atoms with Crippen LogP contribution in [0, 0.1) is 0 Å². The predicted octanol–water partition coefficient (Wildman–Crippen LogP) is 3.16. The normalized spacial score (nSPS) is 12.4. The van der Waals surface area contributed by atoms with Gasteiger partial charge >= 0.3 is 0 Å². The summed E-state index contributed by atoms with van der Waals surface area (Å²) in [5.74, 6) is 0.858. The fourth-order valence-electron chi connectivity index (χ4n) is 1.59. The molecule has 1 atom stereocenters. The molecule has 0 aliphatic heterocycles. The van der Waals surface area contributed by atoms with Gasteiger partial charge in [-0.3, -0.25) is 0 Å². The molecule has 1 aromatic carbocycles. The largest absolute Gasteiger partial charge is 0.497 e. The van der Waals surface area contributed by atoms with Crippen LogP contribution in [0.5, 0.6) is 5.75 Å². The minimum absolute atomic E-state index is 0.0796. The van der Waals surface area contributed by atoms with Gasteiger partial charge in [0.25, 0.3) is 0 Å². The summed E-state index contributed by atoms with van der Waals surface area (Å²) in [6, 6.07) is 7.86. The monoisotopic (exact) mass is 312 g/mol. The van der Waals surface area contributed by atoms with E-state index in [1.54, 1.807) is 24.0 Å². The van der Waals surface area contributed by atoms with Gasteiger partial charge in [0.15, 0.2) is 0 Å². The van der Waals surface area contributed by atoms with Crippen molar-refractivity contribution in [2.75, 3.05) is 7.11 Å². The average Bonchev–Trinajstić information content (AvgIpc) is 2.76. The molecular weight excluding hydrogens is 300 g/mol. The third-order valence-corrected chi connectivity index (χ3v) is 4.11. The van der Waals surface area contributed by atoms with Crippen molar-refractivity contribution in [3.8, 4) is 5.75 Å². The molecule has 0 saturated heterocycles. The molecule has 3 nitrogen and oxygen atoms in total. The lowest BCUT2D eigenvalue weighted by molar-refractivity contribution is 0.414. The fraction of sp³-hybridized carbons (Fsp3) is 0.250. The molecular formula is C12H13BrN2OS. The zero-order chi connectivity index (χ0) is 12.3. The van der Waals surface area contributed by atoms with Crippen LogP contribution >= 0.6 is 27.3 Å². The van der Waals surface area contributed by atoms with Gasteiger partial charge in [-0.25, -0.2) is 4.98 Å². The van der Waals surface area contributed by atoms with Gasteiger partial charge in [0.1, 0.15) is 5.75 Å². The lowest BCUT2D eigenvalue weighted by Crippen LogP contribution is -2.14. The molecule has 17 heavy (non-hydrogen) atoms. The van der Waals surface area contributed by atoms with Gasteiger partial charge in [-0.1, -0.05) is 12.1 Å². The zero-order valence-corrected chi connectivity index (χ0v) is 11.8. The first kappa shape index (κ1) is 12.5. The molecule has 1 heterocycles. The number of hydrogen-bond donors (Lipinski definition) is 1. The summed E-state index contributed by atoms with van der Waals surface area (Å²) >= 11 is 5.01. The first-order chi connectivity index (χ1) is 8.20. The first-order valence-electron chi connectivity index (χ1n) is 5.18. The van der Waals surface area contributed by atoms with Gasteiger partial charge < -0.3 is 10.5 Å². The maximum Gasteiger partial charge on any atom is 0.118 e. The molecule has 0 saturated carbocycles. The summed E-state index contributed by atoms with van der Waals surface area (Å²) < 4.78 is 6.13. The Labute approximate surface area is 113 Å². The van der Waals surface area contributed by atoms with Crippen LogP contribution in [0.1, 0.15) is 17.3 Å². The highest BCUT2D eigenvalue weighted by atomic mass is 79.9. The van der Waals surface area contributed by atoms with Crippen molar-refractivity contribution < 1.29 is 4.74 Å². The van der Waals surface area contributed by atoms with Crippen molar-refractivity contribution in [1.29, 1.82) is 0 Å². The highest BCUT2D eigenvalue weighted by Gasteiger charge is 2.13. The van der Waals surface area contributed by atoms with E-state index < -0.39 is 0 Å². The number of benzene rings is 1. The number of hydrogen-bond acceptors (Lipinski definition) is 4. The third kappa shape index (κ3) is 3.06. The van der Waals surface area contributed by atoms with Crippen molar-refractivity contribution in [1.82, 2.24) is 4.98 Å². The summed E-state index contributed by atoms with van der Waals surface area (Å²) in [7, 11) is 1.66. The maximum atomic E-state index is 6.13. The molecule has 2 aromatic rings. The van der Waals surface area contributed by atoms with Crippen LogP contribution in [0.25, 0.3) is 0 Å². The number of halogens is 1. The molecule has 0 radical (unpaired) electrons. The van der Waals surface area contributed by atoms with Gasteiger partial charge in [0.05, 0.1) is 28.1 Å². The lowest BCUT2D eigenvalue weighted by Gasteiger charge is -2.10. The highest BCUT2D eigenvalue weighted by molar-refractivity contribution is 9.11. The minimum Gasteiger partial charge on any atom is -0.497 e. The highest BCUT2D eigenvalue weighted by Crippen LogP contribution is 2.27. The van der Waals surface area contributed by atoms with E-state index in [0.29, 0.717) is 0 Å². The molecule has 0 aliphatic rings. The molecule has 0 amide bonds. The van der Waals surface area contributed by atoms with Crippen LogP contribution in [0.4, 0.5) is 0 Å². The van der Waals surface area contributed by atoms with Crippen LogP contribution in [0.2, 0.25) is 0 Å². The summed E-state index contributed by atoms with van der Waals surface area (Å²) in [4.78, 5) is 4.27. The quantitative estimate of drug-likeness (QED) is 0.943. The van der Waals surface area contributed by atoms with Crippen molar-refractivity contribution >= 4 is 27.3 Å². The number of nitrogens with two attached hydrogens (primary N) is 1. The van der Waals surface area contributed by atoms with E-state index in [1.165, 1.54) is 5.56 Å². The van der Waals surface area contributed by atoms with E-state index in [9.17, 15) is 0 Å². The Hall–Kier alpha value is -0.910. The van der Waals surface area contributed by atoms with Gasteiger partial charge in [-0.05, 0) is 40.0 Å². The van der Waals surface area contributed by atoms with Crippen LogP contribution in [0.15, 0.2) is 33.6 Å². The Morgan fingerprint density at radius 2 is 2.12 bits per heavy atom. The van der Waals surface area contributed by atoms with E-state index in [0.717, 1.165) is 21.7 Å². The number of thiazole rings is 1. The van der Waals surface area contributed by atoms with Gasteiger partial charge in [0.2, 0.25) is 0 Å². The SMILES string of the molecule is COc1ccc(CC(N)c2ncsc2Br)cc1. The second kappa shape index (κ2) is 5.62. The predicted molar refractivity (Wildman–Crippen MR) is 73.4 cm³/mol. The Bertz CT molecular complexity index is 484. The third-order valence-electron chi connectivity index (χ3n) is 2.52. The summed E-state index contributed by atoms with van der Waals surface area (Å²) in [5, 5.41) is 0. The topological polar surface area (TPSA) is 48.1 Å². The van der Waals surface area contributed by atoms with E-state index in [4.69, 9.17) is 10.5 Å². The molecule has 5 heteroatoms. The smallest absolute Gasteiger partial charge is 0.118 e. The number of aromatic nitrogens is 1. The maximum absolute atomic E-state index is 6.13. The lowest BCUT2D eigenvalue weighted by atomic mass is 10.0. The van der Waals surface area contributed by atoms with Crippen molar-refractivity contribution in [3.63, 3.8) is 0 Å². The van der Waals surface area contributed by atoms with Crippen molar-refractivity contribution in [2.24, 2.45) is 5.73 Å². The Kier molecular flexibility index (Phi) is 4.15. The van der Waals surface area contributed by atoms with Gasteiger partial charge in [-0.2, -0.15) is 0 Å². The summed E-state index contributed by atoms with van der Waals surface area (Å²) in [6.07, 6.45) is 0.770. The van der Waals surface area contributed by atoms with Crippen molar-refractivity contribution in [3.05, 3.63) is 44.8 Å². The number of methoxy groups -OCH3 is 1. The molecule has 0 fully saturated rings. The first-order valence-corrected chi connectivity index (χ1v) is 6.85. The van der Waals surface area contributed by atoms with E-state index in [2.05, 4.69) is 20.9 Å². The summed E-state index contributed by atoms with van der Waals surface area (Å²) in [6.45, 7) is 0. The number of nitrogens with zero attached hydrogens (tertiary/aromatic N) is 1. The van der Waals surface area contributed by atoms with Crippen molar-refractivity contribution in [2.45, 2.75) is 12.5 Å². The molecule has 2 N–H and O–H groups in total. The van der Waals surface area contributed by atoms with E-state index >= 15 is 0 Å². The second-order valence-electron chi connectivity index (χ2n) is 3.67. The van der Waals surface area contributed by atoms with Crippen LogP contribution in [-0.4, -0.2) is 12.1 Å². The molecule has 1 aromatic heterocycles. The fourth-order valence-corrected chi connectivity index (χ4v) is 2.83. The average molecular weight is 313 g/mol. The van der Waals surface area contributed by atoms with E-state index in [-0.39, 0.29) is 6.04 Å². The Morgan fingerprint density at radius 3 is 2.65 bits per heavy atom. The molecule has 0 bridgehead atoms. The zero-order valence-electron chi connectivity index (χ0n) is 9.39. The molecule has 2 rings (SSSR count).